The van der Waals surface area contributed by atoms with Crippen LogP contribution in [0.25, 0.3) is 10.2 Å². The number of carbonyl (C=O) groups is 1. The molecule has 2 aromatic heterocycles. The second kappa shape index (κ2) is 6.43. The fourth-order valence-corrected chi connectivity index (χ4v) is 4.72. The topological polar surface area (TPSA) is 78.0 Å². The summed E-state index contributed by atoms with van der Waals surface area (Å²) in [6.45, 7) is 4.65. The van der Waals surface area contributed by atoms with Gasteiger partial charge in [0.2, 0.25) is 5.91 Å². The van der Waals surface area contributed by atoms with Gasteiger partial charge in [-0.15, -0.1) is 11.3 Å². The monoisotopic (exact) mass is 333 g/mol. The number of fused-ring (bicyclic) bond motifs is 3. The molecule has 6 heteroatoms. The average molecular weight is 333 g/mol. The van der Waals surface area contributed by atoms with Crippen LogP contribution in [0.1, 0.15) is 49.4 Å². The lowest BCUT2D eigenvalue weighted by Gasteiger charge is -2.17. The number of hydrogen-bond acceptors (Lipinski definition) is 4. The van der Waals surface area contributed by atoms with Crippen molar-refractivity contribution >= 4 is 27.5 Å². The number of primary amides is 1. The van der Waals surface area contributed by atoms with Crippen LogP contribution in [-0.2, 0) is 30.6 Å². The van der Waals surface area contributed by atoms with E-state index in [2.05, 4.69) is 13.8 Å². The first-order valence-corrected chi connectivity index (χ1v) is 9.15. The second-order valence-corrected chi connectivity index (χ2v) is 7.57. The van der Waals surface area contributed by atoms with E-state index in [1.54, 1.807) is 15.9 Å². The molecule has 1 aliphatic carbocycles. The van der Waals surface area contributed by atoms with E-state index in [9.17, 15) is 9.59 Å². The quantitative estimate of drug-likeness (QED) is 0.912. The van der Waals surface area contributed by atoms with Crippen molar-refractivity contribution in [3.05, 3.63) is 26.6 Å². The lowest BCUT2D eigenvalue weighted by Crippen LogP contribution is -2.28. The number of hydrogen-bond donors (Lipinski definition) is 1. The smallest absolute Gasteiger partial charge is 0.262 e. The van der Waals surface area contributed by atoms with Crippen molar-refractivity contribution in [1.29, 1.82) is 0 Å². The predicted octanol–water partition coefficient (Wildman–Crippen LogP) is 2.41. The molecule has 1 amide bonds. The Balaban J connectivity index is 2.16. The lowest BCUT2D eigenvalue weighted by atomic mass is 9.89. The Morgan fingerprint density at radius 2 is 2.26 bits per heavy atom. The van der Waals surface area contributed by atoms with Crippen LogP contribution in [0.5, 0.6) is 0 Å². The van der Waals surface area contributed by atoms with Gasteiger partial charge < -0.3 is 5.73 Å². The van der Waals surface area contributed by atoms with E-state index in [1.807, 2.05) is 0 Å². The highest BCUT2D eigenvalue weighted by atomic mass is 32.1. The molecular weight excluding hydrogens is 310 g/mol. The van der Waals surface area contributed by atoms with Crippen LogP contribution >= 0.6 is 11.3 Å². The van der Waals surface area contributed by atoms with Crippen LogP contribution in [0.15, 0.2) is 4.79 Å². The van der Waals surface area contributed by atoms with Gasteiger partial charge in [-0.2, -0.15) is 0 Å². The SMILES string of the molecule is CCCc1nc2sc3c(c2c(=O)n1CCC(N)=O)CCC(C)C3. The van der Waals surface area contributed by atoms with E-state index in [1.165, 1.54) is 10.4 Å². The summed E-state index contributed by atoms with van der Waals surface area (Å²) in [7, 11) is 0. The number of rotatable bonds is 5. The van der Waals surface area contributed by atoms with Crippen LogP contribution in [0, 0.1) is 5.92 Å². The highest BCUT2D eigenvalue weighted by molar-refractivity contribution is 7.18. The van der Waals surface area contributed by atoms with Crippen molar-refractivity contribution in [2.24, 2.45) is 11.7 Å². The Hall–Kier alpha value is -1.69. The van der Waals surface area contributed by atoms with Crippen molar-refractivity contribution in [2.75, 3.05) is 0 Å². The molecule has 0 saturated heterocycles. The molecule has 2 N–H and O–H groups in total. The van der Waals surface area contributed by atoms with Gasteiger partial charge >= 0.3 is 0 Å². The summed E-state index contributed by atoms with van der Waals surface area (Å²) in [5.41, 5.74) is 6.46. The number of aryl methyl sites for hydroxylation is 2. The molecule has 1 unspecified atom stereocenters. The molecule has 0 fully saturated rings. The summed E-state index contributed by atoms with van der Waals surface area (Å²) >= 11 is 1.67. The van der Waals surface area contributed by atoms with Gasteiger partial charge in [-0.3, -0.25) is 14.2 Å². The summed E-state index contributed by atoms with van der Waals surface area (Å²) in [6, 6.07) is 0. The minimum absolute atomic E-state index is 0.00625. The Morgan fingerprint density at radius 3 is 2.96 bits per heavy atom. The Morgan fingerprint density at radius 1 is 1.48 bits per heavy atom. The van der Waals surface area contributed by atoms with Crippen molar-refractivity contribution in [2.45, 2.75) is 58.9 Å². The van der Waals surface area contributed by atoms with E-state index in [4.69, 9.17) is 10.7 Å². The number of aromatic nitrogens is 2. The number of nitrogens with zero attached hydrogens (tertiary/aromatic N) is 2. The van der Waals surface area contributed by atoms with Gasteiger partial charge in [-0.1, -0.05) is 13.8 Å². The number of carbonyl (C=O) groups excluding carboxylic acids is 1. The van der Waals surface area contributed by atoms with Crippen LogP contribution in [0.3, 0.4) is 0 Å². The molecule has 0 aromatic carbocycles. The van der Waals surface area contributed by atoms with E-state index in [-0.39, 0.29) is 17.9 Å². The maximum Gasteiger partial charge on any atom is 0.262 e. The van der Waals surface area contributed by atoms with Gasteiger partial charge in [0.25, 0.3) is 5.56 Å². The van der Waals surface area contributed by atoms with Gasteiger partial charge in [0, 0.05) is 24.3 Å². The molecule has 0 saturated carbocycles. The standard InChI is InChI=1S/C17H23N3O2S/c1-3-4-14-19-16-15(17(22)20(14)8-7-13(18)21)11-6-5-10(2)9-12(11)23-16/h10H,3-9H2,1-2H3,(H2,18,21). The van der Waals surface area contributed by atoms with Gasteiger partial charge in [0.15, 0.2) is 0 Å². The van der Waals surface area contributed by atoms with Crippen molar-refractivity contribution in [3.8, 4) is 0 Å². The molecule has 124 valence electrons. The first kappa shape index (κ1) is 16.2. The average Bonchev–Trinajstić information content (AvgIpc) is 2.84. The van der Waals surface area contributed by atoms with Crippen LogP contribution in [-0.4, -0.2) is 15.5 Å². The zero-order valence-electron chi connectivity index (χ0n) is 13.7. The summed E-state index contributed by atoms with van der Waals surface area (Å²) in [5.74, 6) is 1.06. The van der Waals surface area contributed by atoms with E-state index in [0.717, 1.165) is 48.1 Å². The first-order chi connectivity index (χ1) is 11.0. The molecule has 0 radical (unpaired) electrons. The molecule has 1 atom stereocenters. The summed E-state index contributed by atoms with van der Waals surface area (Å²) in [5, 5.41) is 0.779. The molecule has 0 bridgehead atoms. The summed E-state index contributed by atoms with van der Waals surface area (Å²) in [6.07, 6.45) is 4.94. The van der Waals surface area contributed by atoms with Crippen molar-refractivity contribution in [3.63, 3.8) is 0 Å². The fourth-order valence-electron chi connectivity index (χ4n) is 3.33. The molecule has 0 aliphatic heterocycles. The van der Waals surface area contributed by atoms with Crippen molar-refractivity contribution in [1.82, 2.24) is 9.55 Å². The largest absolute Gasteiger partial charge is 0.370 e. The Bertz CT molecular complexity index is 806. The zero-order valence-corrected chi connectivity index (χ0v) is 14.5. The molecule has 5 nitrogen and oxygen atoms in total. The molecule has 2 heterocycles. The molecular formula is C17H23N3O2S. The third kappa shape index (κ3) is 3.04. The predicted molar refractivity (Wildman–Crippen MR) is 92.9 cm³/mol. The number of thiophene rings is 1. The zero-order chi connectivity index (χ0) is 16.6. The third-order valence-electron chi connectivity index (χ3n) is 4.55. The van der Waals surface area contributed by atoms with Gasteiger partial charge in [0.05, 0.1) is 5.39 Å². The Labute approximate surface area is 139 Å². The first-order valence-electron chi connectivity index (χ1n) is 8.33. The van der Waals surface area contributed by atoms with E-state index < -0.39 is 0 Å². The van der Waals surface area contributed by atoms with Gasteiger partial charge in [-0.05, 0) is 37.2 Å². The van der Waals surface area contributed by atoms with Crippen molar-refractivity contribution < 1.29 is 4.79 Å². The van der Waals surface area contributed by atoms with E-state index >= 15 is 0 Å². The van der Waals surface area contributed by atoms with Crippen LogP contribution in [0.2, 0.25) is 0 Å². The maximum atomic E-state index is 13.0. The highest BCUT2D eigenvalue weighted by Gasteiger charge is 2.24. The summed E-state index contributed by atoms with van der Waals surface area (Å²) in [4.78, 5) is 31.1. The normalized spacial score (nSPS) is 17.4. The molecule has 1 aliphatic rings. The van der Waals surface area contributed by atoms with Crippen LogP contribution < -0.4 is 11.3 Å². The molecule has 0 spiro atoms. The fraction of sp³-hybridized carbons (Fsp3) is 0.588. The van der Waals surface area contributed by atoms with Crippen LogP contribution in [0.4, 0.5) is 0 Å². The maximum absolute atomic E-state index is 13.0. The molecule has 3 rings (SSSR count). The molecule has 23 heavy (non-hydrogen) atoms. The third-order valence-corrected chi connectivity index (χ3v) is 5.70. The Kier molecular flexibility index (Phi) is 4.53. The van der Waals surface area contributed by atoms with Gasteiger partial charge in [0.1, 0.15) is 10.7 Å². The second-order valence-electron chi connectivity index (χ2n) is 6.48. The van der Waals surface area contributed by atoms with E-state index in [0.29, 0.717) is 12.5 Å². The summed E-state index contributed by atoms with van der Waals surface area (Å²) < 4.78 is 1.67. The van der Waals surface area contributed by atoms with Gasteiger partial charge in [-0.25, -0.2) is 4.98 Å². The minimum atomic E-state index is -0.388. The number of nitrogens with two attached hydrogens (primary N) is 1. The molecule has 2 aromatic rings. The lowest BCUT2D eigenvalue weighted by molar-refractivity contribution is -0.118. The minimum Gasteiger partial charge on any atom is -0.370 e. The highest BCUT2D eigenvalue weighted by Crippen LogP contribution is 2.35. The number of amides is 1.